The lowest BCUT2D eigenvalue weighted by molar-refractivity contribution is 0.435. The number of nitrogens with one attached hydrogen (secondary N) is 1. The fourth-order valence-electron chi connectivity index (χ4n) is 3.19. The molecule has 0 bridgehead atoms. The number of halogens is 1. The third-order valence-corrected chi connectivity index (χ3v) is 4.94. The largest absolute Gasteiger partial charge is 0.311 e. The predicted octanol–water partition coefficient (Wildman–Crippen LogP) is 3.50. The summed E-state index contributed by atoms with van der Waals surface area (Å²) < 4.78 is 2.18. The smallest absolute Gasteiger partial charge is 0.0762 e. The van der Waals surface area contributed by atoms with Crippen LogP contribution >= 0.6 is 11.6 Å². The van der Waals surface area contributed by atoms with Crippen molar-refractivity contribution in [2.75, 3.05) is 12.4 Å². The van der Waals surface area contributed by atoms with Crippen LogP contribution in [0.2, 0.25) is 0 Å². The predicted molar refractivity (Wildman–Crippen MR) is 78.4 cm³/mol. The van der Waals surface area contributed by atoms with Crippen LogP contribution in [0.15, 0.2) is 12.3 Å². The third kappa shape index (κ3) is 3.32. The normalized spacial score (nSPS) is 21.9. The van der Waals surface area contributed by atoms with Gasteiger partial charge in [-0.05, 0) is 43.6 Å². The molecule has 4 heteroatoms. The molecule has 2 fully saturated rings. The maximum Gasteiger partial charge on any atom is 0.0762 e. The zero-order valence-electron chi connectivity index (χ0n) is 11.6. The van der Waals surface area contributed by atoms with E-state index in [9.17, 15) is 0 Å². The van der Waals surface area contributed by atoms with Crippen LogP contribution in [0.5, 0.6) is 0 Å². The van der Waals surface area contributed by atoms with E-state index in [1.807, 2.05) is 0 Å². The van der Waals surface area contributed by atoms with E-state index >= 15 is 0 Å². The van der Waals surface area contributed by atoms with Gasteiger partial charge in [-0.15, -0.1) is 11.6 Å². The minimum atomic E-state index is 0.510. The summed E-state index contributed by atoms with van der Waals surface area (Å²) in [6.45, 7) is 1.99. The third-order valence-electron chi connectivity index (χ3n) is 4.75. The van der Waals surface area contributed by atoms with Crippen LogP contribution in [-0.4, -0.2) is 22.2 Å². The summed E-state index contributed by atoms with van der Waals surface area (Å²) in [4.78, 5) is 0. The van der Waals surface area contributed by atoms with Crippen molar-refractivity contribution in [2.24, 2.45) is 5.41 Å². The van der Waals surface area contributed by atoms with E-state index < -0.39 is 0 Å². The first-order chi connectivity index (χ1) is 9.31. The van der Waals surface area contributed by atoms with Crippen molar-refractivity contribution in [3.05, 3.63) is 18.0 Å². The lowest BCUT2D eigenvalue weighted by atomic mass is 10.0. The van der Waals surface area contributed by atoms with E-state index in [1.165, 1.54) is 44.2 Å². The van der Waals surface area contributed by atoms with Gasteiger partial charge in [0, 0.05) is 25.2 Å². The lowest BCUT2D eigenvalue weighted by Gasteiger charge is -2.13. The van der Waals surface area contributed by atoms with Gasteiger partial charge >= 0.3 is 0 Å². The maximum atomic E-state index is 5.85. The van der Waals surface area contributed by atoms with Crippen LogP contribution in [0.4, 0.5) is 0 Å². The average molecular weight is 282 g/mol. The molecule has 0 amide bonds. The van der Waals surface area contributed by atoms with Crippen molar-refractivity contribution in [1.82, 2.24) is 15.1 Å². The molecule has 0 radical (unpaired) electrons. The van der Waals surface area contributed by atoms with E-state index in [4.69, 9.17) is 16.7 Å². The second-order valence-electron chi connectivity index (χ2n) is 6.27. The molecule has 0 spiro atoms. The van der Waals surface area contributed by atoms with Gasteiger partial charge in [0.05, 0.1) is 11.7 Å². The van der Waals surface area contributed by atoms with Crippen LogP contribution in [0.25, 0.3) is 0 Å². The Balaban J connectivity index is 1.45. The van der Waals surface area contributed by atoms with Crippen molar-refractivity contribution in [2.45, 2.75) is 57.5 Å². The molecule has 0 aliphatic heterocycles. The second kappa shape index (κ2) is 5.84. The first kappa shape index (κ1) is 13.4. The molecule has 2 aliphatic rings. The fraction of sp³-hybridized carbons (Fsp3) is 0.800. The van der Waals surface area contributed by atoms with Gasteiger partial charge in [0.25, 0.3) is 0 Å². The molecule has 1 aromatic rings. The van der Waals surface area contributed by atoms with E-state index in [-0.39, 0.29) is 0 Å². The fourth-order valence-corrected chi connectivity index (χ4v) is 3.59. The summed E-state index contributed by atoms with van der Waals surface area (Å²) >= 11 is 5.85. The highest BCUT2D eigenvalue weighted by Crippen LogP contribution is 2.48. The summed E-state index contributed by atoms with van der Waals surface area (Å²) in [7, 11) is 0. The van der Waals surface area contributed by atoms with E-state index in [1.54, 1.807) is 0 Å². The zero-order chi connectivity index (χ0) is 13.1. The molecular formula is C15H24ClN3. The molecular weight excluding hydrogens is 258 g/mol. The summed E-state index contributed by atoms with van der Waals surface area (Å²) in [6, 6.07) is 2.81. The van der Waals surface area contributed by atoms with Gasteiger partial charge in [-0.2, -0.15) is 5.10 Å². The molecule has 0 saturated heterocycles. The molecule has 3 rings (SSSR count). The van der Waals surface area contributed by atoms with Crippen molar-refractivity contribution < 1.29 is 0 Å². The summed E-state index contributed by atoms with van der Waals surface area (Å²) in [5.74, 6) is 0.790. The van der Waals surface area contributed by atoms with E-state index in [0.717, 1.165) is 25.4 Å². The van der Waals surface area contributed by atoms with Crippen molar-refractivity contribution in [1.29, 1.82) is 0 Å². The number of alkyl halides is 1. The summed E-state index contributed by atoms with van der Waals surface area (Å²) in [6.07, 6.45) is 11.3. The van der Waals surface area contributed by atoms with Crippen LogP contribution in [0.3, 0.4) is 0 Å². The van der Waals surface area contributed by atoms with Crippen LogP contribution in [0, 0.1) is 5.41 Å². The molecule has 1 aromatic heterocycles. The SMILES string of the molecule is ClCCC1(CNCc2ccn(C3CCCC3)n2)CC1. The van der Waals surface area contributed by atoms with Crippen molar-refractivity contribution in [3.63, 3.8) is 0 Å². The molecule has 0 unspecified atom stereocenters. The maximum absolute atomic E-state index is 5.85. The van der Waals surface area contributed by atoms with Crippen LogP contribution < -0.4 is 5.32 Å². The average Bonchev–Trinajstić information content (AvgIpc) is 2.87. The van der Waals surface area contributed by atoms with Gasteiger partial charge in [-0.1, -0.05) is 12.8 Å². The Morgan fingerprint density at radius 2 is 2.16 bits per heavy atom. The number of hydrogen-bond donors (Lipinski definition) is 1. The molecule has 2 saturated carbocycles. The molecule has 106 valence electrons. The van der Waals surface area contributed by atoms with Crippen LogP contribution in [0.1, 0.15) is 56.7 Å². The molecule has 19 heavy (non-hydrogen) atoms. The molecule has 1 N–H and O–H groups in total. The number of nitrogens with zero attached hydrogens (tertiary/aromatic N) is 2. The monoisotopic (exact) mass is 281 g/mol. The Morgan fingerprint density at radius 3 is 2.84 bits per heavy atom. The Kier molecular flexibility index (Phi) is 4.13. The molecule has 1 heterocycles. The second-order valence-corrected chi connectivity index (χ2v) is 6.65. The molecule has 3 nitrogen and oxygen atoms in total. The number of hydrogen-bond acceptors (Lipinski definition) is 2. The van der Waals surface area contributed by atoms with E-state index in [0.29, 0.717) is 11.5 Å². The van der Waals surface area contributed by atoms with Gasteiger partial charge in [-0.25, -0.2) is 0 Å². The highest BCUT2D eigenvalue weighted by atomic mass is 35.5. The minimum Gasteiger partial charge on any atom is -0.311 e. The van der Waals surface area contributed by atoms with Crippen molar-refractivity contribution in [3.8, 4) is 0 Å². The van der Waals surface area contributed by atoms with Crippen molar-refractivity contribution >= 4 is 11.6 Å². The van der Waals surface area contributed by atoms with Crippen LogP contribution in [-0.2, 0) is 6.54 Å². The number of rotatable bonds is 7. The first-order valence-electron chi connectivity index (χ1n) is 7.62. The Morgan fingerprint density at radius 1 is 1.37 bits per heavy atom. The molecule has 0 atom stereocenters. The highest BCUT2D eigenvalue weighted by Gasteiger charge is 2.41. The van der Waals surface area contributed by atoms with Gasteiger partial charge in [-0.3, -0.25) is 4.68 Å². The minimum absolute atomic E-state index is 0.510. The Labute approximate surface area is 120 Å². The van der Waals surface area contributed by atoms with Gasteiger partial charge in [0.1, 0.15) is 0 Å². The number of aromatic nitrogens is 2. The summed E-state index contributed by atoms with van der Waals surface area (Å²) in [5.41, 5.74) is 1.68. The lowest BCUT2D eigenvalue weighted by Crippen LogP contribution is -2.24. The zero-order valence-corrected chi connectivity index (χ0v) is 12.3. The first-order valence-corrected chi connectivity index (χ1v) is 8.16. The topological polar surface area (TPSA) is 29.9 Å². The van der Waals surface area contributed by atoms with Gasteiger partial charge in [0.15, 0.2) is 0 Å². The highest BCUT2D eigenvalue weighted by molar-refractivity contribution is 6.17. The standard InChI is InChI=1S/C15H24ClN3/c16-9-8-15(6-7-15)12-17-11-13-5-10-19(18-13)14-3-1-2-4-14/h5,10,14,17H,1-4,6-9,11-12H2. The Hall–Kier alpha value is -0.540. The Bertz CT molecular complexity index is 405. The van der Waals surface area contributed by atoms with Gasteiger partial charge < -0.3 is 5.32 Å². The van der Waals surface area contributed by atoms with E-state index in [2.05, 4.69) is 22.3 Å². The van der Waals surface area contributed by atoms with Gasteiger partial charge in [0.2, 0.25) is 0 Å². The molecule has 0 aromatic carbocycles. The quantitative estimate of drug-likeness (QED) is 0.775. The molecule has 2 aliphatic carbocycles. The summed E-state index contributed by atoms with van der Waals surface area (Å²) in [5, 5.41) is 8.27.